The Bertz CT molecular complexity index is 1360. The van der Waals surface area contributed by atoms with E-state index in [9.17, 15) is 14.4 Å². The van der Waals surface area contributed by atoms with Gasteiger partial charge in [0.15, 0.2) is 6.10 Å². The van der Waals surface area contributed by atoms with E-state index in [1.807, 2.05) is 0 Å². The summed E-state index contributed by atoms with van der Waals surface area (Å²) in [6.45, 7) is 6.57. The molecule has 6 nitrogen and oxygen atoms in total. The van der Waals surface area contributed by atoms with E-state index in [0.29, 0.717) is 19.3 Å². The van der Waals surface area contributed by atoms with Gasteiger partial charge in [0.25, 0.3) is 0 Å². The first kappa shape index (κ1) is 73.1. The maximum atomic E-state index is 12.9. The molecule has 6 heteroatoms. The Morgan fingerprint density at radius 2 is 0.513 bits per heavy atom. The molecular formula is C70H126O6. The highest BCUT2D eigenvalue weighted by molar-refractivity contribution is 5.71. The van der Waals surface area contributed by atoms with Gasteiger partial charge < -0.3 is 14.2 Å². The number of ether oxygens (including phenoxy) is 3. The Labute approximate surface area is 472 Å². The first-order valence-electron chi connectivity index (χ1n) is 33.3. The fourth-order valence-electron chi connectivity index (χ4n) is 9.79. The van der Waals surface area contributed by atoms with Gasteiger partial charge in [-0.3, -0.25) is 14.4 Å². The van der Waals surface area contributed by atoms with Gasteiger partial charge >= 0.3 is 17.9 Å². The number of carbonyl (C=O) groups is 3. The van der Waals surface area contributed by atoms with Crippen LogP contribution in [0.5, 0.6) is 0 Å². The van der Waals surface area contributed by atoms with Crippen molar-refractivity contribution in [1.82, 2.24) is 0 Å². The molecule has 0 aliphatic rings. The molecule has 0 N–H and O–H groups in total. The smallest absolute Gasteiger partial charge is 0.306 e. The minimum atomic E-state index is -0.775. The Morgan fingerprint density at radius 3 is 0.816 bits per heavy atom. The van der Waals surface area contributed by atoms with Crippen LogP contribution in [0.15, 0.2) is 60.8 Å². The number of hydrogen-bond donors (Lipinski definition) is 0. The van der Waals surface area contributed by atoms with Gasteiger partial charge in [-0.2, -0.15) is 0 Å². The summed E-state index contributed by atoms with van der Waals surface area (Å²) in [7, 11) is 0. The predicted molar refractivity (Wildman–Crippen MR) is 330 cm³/mol. The van der Waals surface area contributed by atoms with Gasteiger partial charge in [0.2, 0.25) is 0 Å². The molecule has 0 bridgehead atoms. The van der Waals surface area contributed by atoms with Crippen LogP contribution in [-0.2, 0) is 28.6 Å². The van der Waals surface area contributed by atoms with E-state index in [2.05, 4.69) is 81.5 Å². The lowest BCUT2D eigenvalue weighted by molar-refractivity contribution is -0.167. The molecule has 0 aromatic rings. The Hall–Kier alpha value is -2.89. The number of unbranched alkanes of at least 4 members (excludes halogenated alkanes) is 40. The zero-order chi connectivity index (χ0) is 55.0. The number of esters is 3. The molecule has 0 amide bonds. The topological polar surface area (TPSA) is 78.9 Å². The second-order valence-corrected chi connectivity index (χ2v) is 22.4. The van der Waals surface area contributed by atoms with Crippen molar-refractivity contribution in [3.8, 4) is 0 Å². The van der Waals surface area contributed by atoms with Crippen LogP contribution in [0.4, 0.5) is 0 Å². The zero-order valence-corrected chi connectivity index (χ0v) is 50.8. The first-order valence-corrected chi connectivity index (χ1v) is 33.3. The summed E-state index contributed by atoms with van der Waals surface area (Å²) in [5.74, 6) is -0.859. The highest BCUT2D eigenvalue weighted by Crippen LogP contribution is 2.18. The lowest BCUT2D eigenvalue weighted by Crippen LogP contribution is -2.30. The number of carbonyl (C=O) groups excluding carboxylic acids is 3. The van der Waals surface area contributed by atoms with Crippen molar-refractivity contribution in [2.24, 2.45) is 0 Å². The standard InChI is InChI=1S/C70H126O6/c1-4-7-10-13-16-19-22-25-28-30-31-32-33-34-35-36-37-38-39-41-42-45-48-51-54-57-60-63-69(72)75-66-67(65-74-68(71)62-59-56-53-50-47-44-27-24-21-18-15-12-9-6-3)76-70(73)64-61-58-55-52-49-46-43-40-29-26-23-20-17-14-11-8-5-2/h7,10,16,19,24-25,27-28,31-32,67H,4-6,8-9,11-15,17-18,20-23,26,29-30,33-66H2,1-3H3/b10-7-,19-16-,27-24-,28-25-,32-31-. The van der Waals surface area contributed by atoms with E-state index in [4.69, 9.17) is 14.2 Å². The van der Waals surface area contributed by atoms with Gasteiger partial charge in [-0.15, -0.1) is 0 Å². The van der Waals surface area contributed by atoms with Crippen LogP contribution in [0.1, 0.15) is 348 Å². The van der Waals surface area contributed by atoms with Crippen molar-refractivity contribution in [1.29, 1.82) is 0 Å². The van der Waals surface area contributed by atoms with Crippen LogP contribution in [0.2, 0.25) is 0 Å². The molecule has 0 spiro atoms. The van der Waals surface area contributed by atoms with E-state index in [-0.39, 0.29) is 31.1 Å². The molecule has 442 valence electrons. The number of rotatable bonds is 61. The largest absolute Gasteiger partial charge is 0.462 e. The van der Waals surface area contributed by atoms with E-state index in [1.165, 1.54) is 218 Å². The summed E-state index contributed by atoms with van der Waals surface area (Å²) >= 11 is 0. The highest BCUT2D eigenvalue weighted by Gasteiger charge is 2.19. The van der Waals surface area contributed by atoms with Gasteiger partial charge in [0, 0.05) is 19.3 Å². The minimum Gasteiger partial charge on any atom is -0.462 e. The highest BCUT2D eigenvalue weighted by atomic mass is 16.6. The molecule has 0 rings (SSSR count). The number of allylic oxidation sites excluding steroid dienone is 10. The Balaban J connectivity index is 4.25. The summed E-state index contributed by atoms with van der Waals surface area (Å²) in [5, 5.41) is 0. The van der Waals surface area contributed by atoms with Crippen molar-refractivity contribution in [3.63, 3.8) is 0 Å². The predicted octanol–water partition coefficient (Wildman–Crippen LogP) is 22.7. The molecule has 76 heavy (non-hydrogen) atoms. The van der Waals surface area contributed by atoms with Crippen LogP contribution in [-0.4, -0.2) is 37.2 Å². The Kier molecular flexibility index (Phi) is 62.2. The maximum absolute atomic E-state index is 12.9. The molecule has 0 aromatic heterocycles. The average molecular weight is 1060 g/mol. The van der Waals surface area contributed by atoms with E-state index >= 15 is 0 Å². The molecule has 0 fully saturated rings. The molecule has 1 unspecified atom stereocenters. The fraction of sp³-hybridized carbons (Fsp3) is 0.814. The molecule has 0 aliphatic heterocycles. The van der Waals surface area contributed by atoms with Gasteiger partial charge in [-0.25, -0.2) is 0 Å². The molecule has 0 aromatic carbocycles. The van der Waals surface area contributed by atoms with Crippen LogP contribution in [0.3, 0.4) is 0 Å². The SMILES string of the molecule is CC/C=C\C/C=C\C/C=C\C/C=C\CCCCCCCCCCCCCCCCC(=O)OCC(COC(=O)CCCCCCC/C=C\CCCCCCC)OC(=O)CCCCCCCCCCCCCCCCCCC. The van der Waals surface area contributed by atoms with Crippen molar-refractivity contribution in [3.05, 3.63) is 60.8 Å². The molecule has 0 saturated carbocycles. The van der Waals surface area contributed by atoms with E-state index in [0.717, 1.165) is 89.9 Å². The zero-order valence-electron chi connectivity index (χ0n) is 50.8. The van der Waals surface area contributed by atoms with Crippen LogP contribution < -0.4 is 0 Å². The molecule has 0 saturated heterocycles. The van der Waals surface area contributed by atoms with Crippen LogP contribution in [0.25, 0.3) is 0 Å². The lowest BCUT2D eigenvalue weighted by atomic mass is 10.0. The first-order chi connectivity index (χ1) is 37.5. The third-order valence-corrected chi connectivity index (χ3v) is 14.8. The summed E-state index contributed by atoms with van der Waals surface area (Å²) in [6, 6.07) is 0. The third kappa shape index (κ3) is 62.0. The van der Waals surface area contributed by atoms with Gasteiger partial charge in [0.1, 0.15) is 13.2 Å². The van der Waals surface area contributed by atoms with Crippen molar-refractivity contribution < 1.29 is 28.6 Å². The normalized spacial score (nSPS) is 12.4. The van der Waals surface area contributed by atoms with Gasteiger partial charge in [0.05, 0.1) is 0 Å². The average Bonchev–Trinajstić information content (AvgIpc) is 3.42. The summed E-state index contributed by atoms with van der Waals surface area (Å²) in [6.07, 6.45) is 82.3. The van der Waals surface area contributed by atoms with Gasteiger partial charge in [-0.05, 0) is 83.5 Å². The second-order valence-electron chi connectivity index (χ2n) is 22.4. The Morgan fingerprint density at radius 1 is 0.276 bits per heavy atom. The van der Waals surface area contributed by atoms with Crippen LogP contribution in [0, 0.1) is 0 Å². The number of hydrogen-bond acceptors (Lipinski definition) is 6. The summed E-state index contributed by atoms with van der Waals surface area (Å²) in [5.41, 5.74) is 0. The lowest BCUT2D eigenvalue weighted by Gasteiger charge is -2.18. The van der Waals surface area contributed by atoms with Crippen molar-refractivity contribution >= 4 is 17.9 Å². The quantitative estimate of drug-likeness (QED) is 0.0261. The molecule has 0 aliphatic carbocycles. The van der Waals surface area contributed by atoms with Crippen molar-refractivity contribution in [2.45, 2.75) is 354 Å². The van der Waals surface area contributed by atoms with Crippen LogP contribution >= 0.6 is 0 Å². The fourth-order valence-corrected chi connectivity index (χ4v) is 9.79. The van der Waals surface area contributed by atoms with Gasteiger partial charge in [-0.1, -0.05) is 306 Å². The third-order valence-electron chi connectivity index (χ3n) is 14.8. The molecule has 0 radical (unpaired) electrons. The monoisotopic (exact) mass is 1060 g/mol. The summed E-state index contributed by atoms with van der Waals surface area (Å²) < 4.78 is 17.0. The maximum Gasteiger partial charge on any atom is 0.306 e. The molecule has 1 atom stereocenters. The molecular weight excluding hydrogens is 937 g/mol. The molecule has 0 heterocycles. The van der Waals surface area contributed by atoms with Crippen molar-refractivity contribution in [2.75, 3.05) is 13.2 Å². The summed E-state index contributed by atoms with van der Waals surface area (Å²) in [4.78, 5) is 38.3. The second kappa shape index (κ2) is 64.6. The minimum absolute atomic E-state index is 0.0725. The van der Waals surface area contributed by atoms with E-state index < -0.39 is 6.10 Å². The van der Waals surface area contributed by atoms with E-state index in [1.54, 1.807) is 0 Å².